The van der Waals surface area contributed by atoms with Crippen molar-refractivity contribution in [2.75, 3.05) is 13.2 Å². The lowest BCUT2D eigenvalue weighted by Gasteiger charge is -2.17. The highest BCUT2D eigenvalue weighted by molar-refractivity contribution is 5.28. The van der Waals surface area contributed by atoms with Crippen molar-refractivity contribution in [3.05, 3.63) is 35.1 Å². The van der Waals surface area contributed by atoms with Gasteiger partial charge in [-0.05, 0) is 36.5 Å². The minimum Gasteiger partial charge on any atom is -0.381 e. The predicted molar refractivity (Wildman–Crippen MR) is 61.9 cm³/mol. The third-order valence-corrected chi connectivity index (χ3v) is 3.34. The predicted octanol–water partition coefficient (Wildman–Crippen LogP) is 3.27. The first kappa shape index (κ1) is 14.3. The van der Waals surface area contributed by atoms with Crippen LogP contribution in [0.5, 0.6) is 0 Å². The highest BCUT2D eigenvalue weighted by atomic mass is 19.4. The third kappa shape index (κ3) is 3.45. The van der Waals surface area contributed by atoms with Gasteiger partial charge in [0.1, 0.15) is 5.82 Å². The molecule has 1 aliphatic heterocycles. The summed E-state index contributed by atoms with van der Waals surface area (Å²) < 4.78 is 55.9. The molecule has 0 aromatic heterocycles. The van der Waals surface area contributed by atoms with Crippen molar-refractivity contribution in [1.82, 2.24) is 0 Å². The van der Waals surface area contributed by atoms with E-state index in [2.05, 4.69) is 0 Å². The van der Waals surface area contributed by atoms with Gasteiger partial charge in [0.25, 0.3) is 0 Å². The number of hydrogen-bond donors (Lipinski definition) is 1. The molecular formula is C13H15F4NO. The summed E-state index contributed by atoms with van der Waals surface area (Å²) in [5.74, 6) is -0.983. The fourth-order valence-electron chi connectivity index (χ4n) is 2.26. The standard InChI is InChI=1S/C13H15F4NO/c14-11-6-9(1-2-10(11)13(15,16)17)12(18)5-8-3-4-19-7-8/h1-2,6,8,12H,3-5,7,18H2. The first-order valence-electron chi connectivity index (χ1n) is 6.08. The van der Waals surface area contributed by atoms with E-state index in [9.17, 15) is 17.6 Å². The van der Waals surface area contributed by atoms with Crippen LogP contribution >= 0.6 is 0 Å². The molecule has 0 radical (unpaired) electrons. The quantitative estimate of drug-likeness (QED) is 0.861. The lowest BCUT2D eigenvalue weighted by Crippen LogP contribution is -2.17. The zero-order valence-corrected chi connectivity index (χ0v) is 10.2. The minimum atomic E-state index is -4.67. The Hall–Kier alpha value is -1.14. The van der Waals surface area contributed by atoms with Gasteiger partial charge in [-0.3, -0.25) is 0 Å². The maximum atomic E-state index is 13.4. The average molecular weight is 277 g/mol. The fraction of sp³-hybridized carbons (Fsp3) is 0.538. The summed E-state index contributed by atoms with van der Waals surface area (Å²) in [5.41, 5.74) is 5.03. The SMILES string of the molecule is NC(CC1CCOC1)c1ccc(C(F)(F)F)c(F)c1. The van der Waals surface area contributed by atoms with Gasteiger partial charge in [-0.2, -0.15) is 13.2 Å². The van der Waals surface area contributed by atoms with Gasteiger partial charge in [-0.15, -0.1) is 0 Å². The summed E-state index contributed by atoms with van der Waals surface area (Å²) in [6.07, 6.45) is -3.20. The Kier molecular flexibility index (Phi) is 4.10. The molecule has 2 rings (SSSR count). The Morgan fingerprint density at radius 2 is 2.11 bits per heavy atom. The molecule has 0 bridgehead atoms. The van der Waals surface area contributed by atoms with Crippen molar-refractivity contribution in [3.8, 4) is 0 Å². The highest BCUT2D eigenvalue weighted by Crippen LogP contribution is 2.33. The Labute approximate surface area is 108 Å². The molecule has 106 valence electrons. The van der Waals surface area contributed by atoms with Gasteiger partial charge in [-0.1, -0.05) is 6.07 Å². The van der Waals surface area contributed by atoms with Crippen LogP contribution in [-0.2, 0) is 10.9 Å². The number of alkyl halides is 3. The molecule has 1 aromatic rings. The molecule has 1 fully saturated rings. The molecule has 1 aliphatic rings. The molecule has 2 nitrogen and oxygen atoms in total. The number of ether oxygens (including phenoxy) is 1. The zero-order chi connectivity index (χ0) is 14.0. The Balaban J connectivity index is 2.10. The normalized spacial score (nSPS) is 21.6. The molecule has 2 atom stereocenters. The van der Waals surface area contributed by atoms with Gasteiger partial charge in [0.2, 0.25) is 0 Å². The van der Waals surface area contributed by atoms with E-state index in [1.807, 2.05) is 0 Å². The number of benzene rings is 1. The molecule has 19 heavy (non-hydrogen) atoms. The fourth-order valence-corrected chi connectivity index (χ4v) is 2.26. The lowest BCUT2D eigenvalue weighted by molar-refractivity contribution is -0.140. The van der Waals surface area contributed by atoms with Crippen molar-refractivity contribution in [1.29, 1.82) is 0 Å². The largest absolute Gasteiger partial charge is 0.419 e. The Morgan fingerprint density at radius 3 is 2.63 bits per heavy atom. The van der Waals surface area contributed by atoms with Crippen LogP contribution in [0.25, 0.3) is 0 Å². The van der Waals surface area contributed by atoms with Crippen LogP contribution in [-0.4, -0.2) is 13.2 Å². The van der Waals surface area contributed by atoms with Crippen molar-refractivity contribution in [3.63, 3.8) is 0 Å². The molecule has 1 heterocycles. The maximum absolute atomic E-state index is 13.4. The molecule has 1 saturated heterocycles. The lowest BCUT2D eigenvalue weighted by atomic mass is 9.94. The van der Waals surface area contributed by atoms with Gasteiger partial charge in [0, 0.05) is 19.3 Å². The summed E-state index contributed by atoms with van der Waals surface area (Å²) in [6, 6.07) is 2.40. The second-order valence-corrected chi connectivity index (χ2v) is 4.81. The van der Waals surface area contributed by atoms with Gasteiger partial charge >= 0.3 is 6.18 Å². The van der Waals surface area contributed by atoms with Crippen LogP contribution < -0.4 is 5.73 Å². The Morgan fingerprint density at radius 1 is 1.37 bits per heavy atom. The topological polar surface area (TPSA) is 35.2 Å². The first-order chi connectivity index (χ1) is 8.88. The van der Waals surface area contributed by atoms with E-state index in [0.29, 0.717) is 31.1 Å². The van der Waals surface area contributed by atoms with E-state index < -0.39 is 23.6 Å². The summed E-state index contributed by atoms with van der Waals surface area (Å²) in [6.45, 7) is 1.29. The molecule has 2 unspecified atom stereocenters. The Bertz CT molecular complexity index is 441. The average Bonchev–Trinajstić information content (AvgIpc) is 2.79. The first-order valence-corrected chi connectivity index (χ1v) is 6.08. The van der Waals surface area contributed by atoms with Crippen LogP contribution in [0.15, 0.2) is 18.2 Å². The highest BCUT2D eigenvalue weighted by Gasteiger charge is 2.34. The number of halogens is 4. The van der Waals surface area contributed by atoms with Crippen LogP contribution in [0.2, 0.25) is 0 Å². The second-order valence-electron chi connectivity index (χ2n) is 4.81. The van der Waals surface area contributed by atoms with Crippen molar-refractivity contribution in [2.45, 2.75) is 25.1 Å². The van der Waals surface area contributed by atoms with Crippen LogP contribution in [0.1, 0.15) is 30.0 Å². The molecule has 0 spiro atoms. The smallest absolute Gasteiger partial charge is 0.381 e. The van der Waals surface area contributed by atoms with Crippen LogP contribution in [0.3, 0.4) is 0 Å². The summed E-state index contributed by atoms with van der Waals surface area (Å²) in [5, 5.41) is 0. The van der Waals surface area contributed by atoms with E-state index in [-0.39, 0.29) is 0 Å². The van der Waals surface area contributed by atoms with Crippen LogP contribution in [0.4, 0.5) is 17.6 Å². The third-order valence-electron chi connectivity index (χ3n) is 3.34. The molecular weight excluding hydrogens is 262 g/mol. The number of hydrogen-bond acceptors (Lipinski definition) is 2. The van der Waals surface area contributed by atoms with Gasteiger partial charge in [-0.25, -0.2) is 4.39 Å². The molecule has 0 amide bonds. The van der Waals surface area contributed by atoms with E-state index in [1.165, 1.54) is 6.07 Å². The minimum absolute atomic E-state index is 0.292. The van der Waals surface area contributed by atoms with Gasteiger partial charge in [0.15, 0.2) is 0 Å². The zero-order valence-electron chi connectivity index (χ0n) is 10.2. The summed E-state index contributed by atoms with van der Waals surface area (Å²) in [4.78, 5) is 0. The van der Waals surface area contributed by atoms with E-state index in [4.69, 9.17) is 10.5 Å². The number of rotatable bonds is 3. The molecule has 6 heteroatoms. The second kappa shape index (κ2) is 5.46. The van der Waals surface area contributed by atoms with E-state index in [1.54, 1.807) is 0 Å². The van der Waals surface area contributed by atoms with Crippen molar-refractivity contribution in [2.24, 2.45) is 11.7 Å². The maximum Gasteiger partial charge on any atom is 0.419 e. The van der Waals surface area contributed by atoms with E-state index >= 15 is 0 Å². The van der Waals surface area contributed by atoms with Crippen LogP contribution in [0, 0.1) is 11.7 Å². The van der Waals surface area contributed by atoms with Crippen molar-refractivity contribution >= 4 is 0 Å². The molecule has 0 saturated carbocycles. The molecule has 1 aromatic carbocycles. The summed E-state index contributed by atoms with van der Waals surface area (Å²) >= 11 is 0. The molecule has 0 aliphatic carbocycles. The van der Waals surface area contributed by atoms with E-state index in [0.717, 1.165) is 18.6 Å². The van der Waals surface area contributed by atoms with Crippen molar-refractivity contribution < 1.29 is 22.3 Å². The van der Waals surface area contributed by atoms with Gasteiger partial charge in [0.05, 0.1) is 5.56 Å². The molecule has 2 N–H and O–H groups in total. The monoisotopic (exact) mass is 277 g/mol. The summed E-state index contributed by atoms with van der Waals surface area (Å²) in [7, 11) is 0. The number of nitrogens with two attached hydrogens (primary N) is 1. The van der Waals surface area contributed by atoms with Gasteiger partial charge < -0.3 is 10.5 Å².